The van der Waals surface area contributed by atoms with Crippen molar-refractivity contribution in [2.75, 3.05) is 23.7 Å². The summed E-state index contributed by atoms with van der Waals surface area (Å²) in [5.41, 5.74) is 0.748. The Morgan fingerprint density at radius 3 is 2.92 bits per heavy atom. The van der Waals surface area contributed by atoms with Crippen LogP contribution in [-0.4, -0.2) is 47.9 Å². The maximum Gasteiger partial charge on any atom is 0.271 e. The fraction of sp³-hybridized carbons (Fsp3) is 0.412. The van der Waals surface area contributed by atoms with Gasteiger partial charge in [0, 0.05) is 25.2 Å². The molecule has 2 aromatic rings. The Hall–Kier alpha value is -1.26. The van der Waals surface area contributed by atoms with Crippen LogP contribution in [0.3, 0.4) is 0 Å². The van der Waals surface area contributed by atoms with Crippen LogP contribution >= 0.6 is 38.6 Å². The van der Waals surface area contributed by atoms with Crippen LogP contribution in [0.5, 0.6) is 0 Å². The minimum Gasteiger partial charge on any atom is -0.352 e. The average molecular weight is 452 g/mol. The van der Waals surface area contributed by atoms with E-state index in [0.29, 0.717) is 12.1 Å². The molecule has 4 aliphatic heterocycles. The van der Waals surface area contributed by atoms with Gasteiger partial charge in [-0.3, -0.25) is 9.69 Å². The molecule has 2 bridgehead atoms. The molecule has 0 spiro atoms. The highest BCUT2D eigenvalue weighted by Gasteiger charge is 2.51. The molecular formula is C17H18BrN5OS2. The van der Waals surface area contributed by atoms with E-state index in [1.54, 1.807) is 28.9 Å². The summed E-state index contributed by atoms with van der Waals surface area (Å²) in [6.07, 6.45) is 4.05. The van der Waals surface area contributed by atoms with E-state index in [1.807, 2.05) is 22.9 Å². The number of carbonyl (C=O) groups is 1. The summed E-state index contributed by atoms with van der Waals surface area (Å²) in [6.45, 7) is 1.75. The van der Waals surface area contributed by atoms with Crippen LogP contribution in [0.4, 0.5) is 16.4 Å². The van der Waals surface area contributed by atoms with Gasteiger partial charge in [0.2, 0.25) is 5.66 Å². The molecule has 1 amide bonds. The monoisotopic (exact) mass is 451 g/mol. The van der Waals surface area contributed by atoms with E-state index in [-0.39, 0.29) is 5.91 Å². The van der Waals surface area contributed by atoms with E-state index in [0.717, 1.165) is 46.1 Å². The first-order valence-corrected chi connectivity index (χ1v) is 11.2. The zero-order valence-corrected chi connectivity index (χ0v) is 17.1. The lowest BCUT2D eigenvalue weighted by Crippen LogP contribution is -2.74. The first kappa shape index (κ1) is 16.9. The molecule has 6 rings (SSSR count). The molecule has 2 aromatic heterocycles. The number of fused-ring (bicyclic) bond motifs is 4. The van der Waals surface area contributed by atoms with Crippen molar-refractivity contribution in [1.29, 1.82) is 0 Å². The molecule has 3 atom stereocenters. The summed E-state index contributed by atoms with van der Waals surface area (Å²) < 4.78 is 0.923. The smallest absolute Gasteiger partial charge is 0.271 e. The Morgan fingerprint density at radius 2 is 2.23 bits per heavy atom. The molecule has 6 nitrogen and oxygen atoms in total. The van der Waals surface area contributed by atoms with Crippen molar-refractivity contribution in [2.24, 2.45) is 4.99 Å². The van der Waals surface area contributed by atoms with Gasteiger partial charge in [0.05, 0.1) is 21.4 Å². The Kier molecular flexibility index (Phi) is 4.17. The van der Waals surface area contributed by atoms with Gasteiger partial charge >= 0.3 is 0 Å². The van der Waals surface area contributed by atoms with E-state index >= 15 is 0 Å². The van der Waals surface area contributed by atoms with Gasteiger partial charge in [0.15, 0.2) is 0 Å². The fourth-order valence-corrected chi connectivity index (χ4v) is 5.84. The van der Waals surface area contributed by atoms with Gasteiger partial charge < -0.3 is 16.0 Å². The predicted molar refractivity (Wildman–Crippen MR) is 111 cm³/mol. The number of piperidine rings is 2. The molecule has 3 N–H and O–H groups in total. The summed E-state index contributed by atoms with van der Waals surface area (Å²) in [5.74, 6) is -0.0928. The molecule has 0 aliphatic carbocycles. The summed E-state index contributed by atoms with van der Waals surface area (Å²) in [7, 11) is 0. The number of thiophene rings is 2. The zero-order valence-electron chi connectivity index (χ0n) is 13.9. The van der Waals surface area contributed by atoms with Crippen LogP contribution in [-0.2, 0) is 4.79 Å². The highest BCUT2D eigenvalue weighted by atomic mass is 79.9. The van der Waals surface area contributed by atoms with Crippen LogP contribution in [0, 0.1) is 0 Å². The number of rotatable bonds is 3. The second-order valence-electron chi connectivity index (χ2n) is 6.84. The molecule has 0 radical (unpaired) electrons. The van der Waals surface area contributed by atoms with Crippen molar-refractivity contribution in [3.8, 4) is 0 Å². The molecule has 1 unspecified atom stereocenters. The first-order chi connectivity index (χ1) is 12.7. The average Bonchev–Trinajstić information content (AvgIpc) is 3.30. The standard InChI is InChI=1S/C17H18BrN5OS2/c18-14-12(3-5-25-14)21-16(24)17(9-20-15-13(22-17)4-6-26-15)23-8-10-1-2-11(23)7-19-10/h3-6,9-11,19,22H,1-2,7-8H2,(H,21,24)/t10-,11-,17?/m1/s1. The van der Waals surface area contributed by atoms with Crippen molar-refractivity contribution < 1.29 is 4.79 Å². The molecule has 26 heavy (non-hydrogen) atoms. The second-order valence-corrected chi connectivity index (χ2v) is 9.97. The van der Waals surface area contributed by atoms with Crippen LogP contribution in [0.25, 0.3) is 0 Å². The summed E-state index contributed by atoms with van der Waals surface area (Å²) in [6, 6.07) is 4.66. The van der Waals surface area contributed by atoms with Gasteiger partial charge in [0.25, 0.3) is 5.91 Å². The Balaban J connectivity index is 1.53. The molecule has 0 aromatic carbocycles. The number of piperazine rings is 1. The summed E-state index contributed by atoms with van der Waals surface area (Å²) in [5, 5.41) is 15.0. The highest BCUT2D eigenvalue weighted by Crippen LogP contribution is 2.40. The van der Waals surface area contributed by atoms with E-state index in [4.69, 9.17) is 0 Å². The van der Waals surface area contributed by atoms with Gasteiger partial charge in [-0.05, 0) is 51.7 Å². The van der Waals surface area contributed by atoms with Gasteiger partial charge in [-0.1, -0.05) is 0 Å². The van der Waals surface area contributed by atoms with Crippen molar-refractivity contribution in [3.05, 3.63) is 26.7 Å². The number of nitrogens with zero attached hydrogens (tertiary/aromatic N) is 2. The van der Waals surface area contributed by atoms with E-state index in [9.17, 15) is 4.79 Å². The number of hydrogen-bond donors (Lipinski definition) is 3. The Labute approximate surface area is 167 Å². The van der Waals surface area contributed by atoms with Gasteiger partial charge in [0.1, 0.15) is 5.00 Å². The number of aliphatic imine (C=N–C) groups is 1. The summed E-state index contributed by atoms with van der Waals surface area (Å²) in [4.78, 5) is 20.4. The molecular weight excluding hydrogens is 434 g/mol. The van der Waals surface area contributed by atoms with Crippen LogP contribution in [0.15, 0.2) is 31.7 Å². The third-order valence-electron chi connectivity index (χ3n) is 5.35. The first-order valence-electron chi connectivity index (χ1n) is 8.61. The molecule has 3 fully saturated rings. The van der Waals surface area contributed by atoms with E-state index in [1.165, 1.54) is 0 Å². The van der Waals surface area contributed by atoms with Gasteiger partial charge in [-0.25, -0.2) is 4.99 Å². The minimum absolute atomic E-state index is 0.0928. The van der Waals surface area contributed by atoms with Gasteiger partial charge in [-0.2, -0.15) is 0 Å². The quantitative estimate of drug-likeness (QED) is 0.667. The third kappa shape index (κ3) is 2.65. The zero-order chi connectivity index (χ0) is 17.7. The topological polar surface area (TPSA) is 68.8 Å². The Morgan fingerprint density at radius 1 is 1.35 bits per heavy atom. The lowest BCUT2D eigenvalue weighted by atomic mass is 9.89. The maximum absolute atomic E-state index is 13.5. The number of anilines is 2. The molecule has 0 saturated carbocycles. The largest absolute Gasteiger partial charge is 0.352 e. The molecule has 9 heteroatoms. The molecule has 3 saturated heterocycles. The Bertz CT molecular complexity index is 872. The lowest BCUT2D eigenvalue weighted by Gasteiger charge is -2.53. The second kappa shape index (κ2) is 6.42. The van der Waals surface area contributed by atoms with Crippen LogP contribution in [0.1, 0.15) is 12.8 Å². The number of carbonyl (C=O) groups excluding carboxylic acids is 1. The molecule has 136 valence electrons. The van der Waals surface area contributed by atoms with Crippen molar-refractivity contribution in [2.45, 2.75) is 30.6 Å². The van der Waals surface area contributed by atoms with Crippen molar-refractivity contribution in [1.82, 2.24) is 10.2 Å². The lowest BCUT2D eigenvalue weighted by molar-refractivity contribution is -0.126. The summed E-state index contributed by atoms with van der Waals surface area (Å²) >= 11 is 6.65. The molecule has 4 aliphatic rings. The SMILES string of the molecule is O=C(Nc1ccsc1Br)C1(N2C[C@H]3CC[C@@H]2CN3)C=Nc2sccc2N1. The van der Waals surface area contributed by atoms with Gasteiger partial charge in [-0.15, -0.1) is 22.7 Å². The van der Waals surface area contributed by atoms with Crippen molar-refractivity contribution >= 4 is 67.1 Å². The predicted octanol–water partition coefficient (Wildman–Crippen LogP) is 3.47. The maximum atomic E-state index is 13.5. The number of nitrogens with one attached hydrogen (secondary N) is 3. The van der Waals surface area contributed by atoms with Crippen LogP contribution < -0.4 is 16.0 Å². The number of amides is 1. The van der Waals surface area contributed by atoms with E-state index < -0.39 is 5.66 Å². The minimum atomic E-state index is -0.971. The van der Waals surface area contributed by atoms with Crippen LogP contribution in [0.2, 0.25) is 0 Å². The van der Waals surface area contributed by atoms with Crippen molar-refractivity contribution in [3.63, 3.8) is 0 Å². The molecule has 6 heterocycles. The van der Waals surface area contributed by atoms with E-state index in [2.05, 4.69) is 41.8 Å². The number of hydrogen-bond acceptors (Lipinski definition) is 7. The third-order valence-corrected chi connectivity index (χ3v) is 7.86. The normalized spacial score (nSPS) is 30.0. The number of halogens is 1. The highest BCUT2D eigenvalue weighted by molar-refractivity contribution is 9.11. The fourth-order valence-electron chi connectivity index (χ4n) is 4.02.